The van der Waals surface area contributed by atoms with Gasteiger partial charge in [0.25, 0.3) is 5.56 Å². The highest BCUT2D eigenvalue weighted by atomic mass is 127. The predicted octanol–water partition coefficient (Wildman–Crippen LogP) is -1.48. The molecule has 1 aliphatic rings. The van der Waals surface area contributed by atoms with Crippen molar-refractivity contribution in [1.29, 1.82) is 0 Å². The molecule has 3 N–H and O–H groups in total. The summed E-state index contributed by atoms with van der Waals surface area (Å²) in [6, 6.07) is 1.13. The van der Waals surface area contributed by atoms with Crippen molar-refractivity contribution in [2.75, 3.05) is 6.61 Å². The highest BCUT2D eigenvalue weighted by molar-refractivity contribution is 14.1. The van der Waals surface area contributed by atoms with E-state index in [4.69, 9.17) is 7.80 Å². The molecule has 0 saturated carbocycles. The van der Waals surface area contributed by atoms with E-state index in [1.807, 2.05) is 4.98 Å². The van der Waals surface area contributed by atoms with Crippen molar-refractivity contribution in [2.24, 2.45) is 0 Å². The molecule has 0 spiro atoms. The van der Waals surface area contributed by atoms with Crippen molar-refractivity contribution in [1.82, 2.24) is 9.55 Å². The molecular weight excluding hydrogens is 359 g/mol. The van der Waals surface area contributed by atoms with Gasteiger partial charge in [0.1, 0.15) is 41.3 Å². The number of aromatic amines is 1. The third-order valence-electron chi connectivity index (χ3n) is 2.69. The first kappa shape index (κ1) is 13.7. The number of halogens is 1. The van der Waals surface area contributed by atoms with Crippen LogP contribution in [0.5, 0.6) is 0 Å². The summed E-state index contributed by atoms with van der Waals surface area (Å²) in [5, 5.41) is 19.5. The Morgan fingerprint density at radius 1 is 1.44 bits per heavy atom. The lowest BCUT2D eigenvalue weighted by molar-refractivity contribution is -0.0476. The van der Waals surface area contributed by atoms with Gasteiger partial charge in [0.15, 0.2) is 6.23 Å². The molecule has 2 unspecified atom stereocenters. The van der Waals surface area contributed by atoms with Crippen LogP contribution in [0.3, 0.4) is 0 Å². The minimum Gasteiger partial charge on any atom is -0.387 e. The van der Waals surface area contributed by atoms with Gasteiger partial charge in [-0.05, 0) is 0 Å². The number of aliphatic hydroxyl groups is 2. The SMILES string of the molecule is O=c1ccn([C@H]2O[C@@H](COI)C(O)C2O)c(=O)[nH]1. The van der Waals surface area contributed by atoms with Crippen LogP contribution >= 0.6 is 23.0 Å². The molecule has 0 bridgehead atoms. The third kappa shape index (κ3) is 2.49. The molecule has 1 aliphatic heterocycles. The lowest BCUT2D eigenvalue weighted by atomic mass is 10.1. The first-order chi connectivity index (χ1) is 8.54. The second kappa shape index (κ2) is 5.48. The van der Waals surface area contributed by atoms with Crippen LogP contribution in [0.1, 0.15) is 6.23 Å². The van der Waals surface area contributed by atoms with E-state index in [9.17, 15) is 19.8 Å². The van der Waals surface area contributed by atoms with Crippen LogP contribution in [0.25, 0.3) is 0 Å². The van der Waals surface area contributed by atoms with Crippen molar-refractivity contribution < 1.29 is 18.0 Å². The van der Waals surface area contributed by atoms with Crippen LogP contribution < -0.4 is 11.2 Å². The molecule has 0 aromatic carbocycles. The number of nitrogens with one attached hydrogen (secondary N) is 1. The lowest BCUT2D eigenvalue weighted by Crippen LogP contribution is -2.37. The first-order valence-electron chi connectivity index (χ1n) is 5.11. The molecule has 100 valence electrons. The highest BCUT2D eigenvalue weighted by Crippen LogP contribution is 2.28. The topological polar surface area (TPSA) is 114 Å². The fourth-order valence-corrected chi connectivity index (χ4v) is 2.14. The van der Waals surface area contributed by atoms with Gasteiger partial charge in [-0.2, -0.15) is 0 Å². The van der Waals surface area contributed by atoms with Gasteiger partial charge >= 0.3 is 5.69 Å². The van der Waals surface area contributed by atoms with Gasteiger partial charge in [-0.15, -0.1) is 0 Å². The zero-order valence-electron chi connectivity index (χ0n) is 9.02. The van der Waals surface area contributed by atoms with Gasteiger partial charge in [-0.25, -0.2) is 4.79 Å². The van der Waals surface area contributed by atoms with Gasteiger partial charge in [0, 0.05) is 12.3 Å². The molecule has 1 aromatic heterocycles. The largest absolute Gasteiger partial charge is 0.387 e. The minimum absolute atomic E-state index is 0.0768. The average Bonchev–Trinajstić information content (AvgIpc) is 2.58. The number of hydrogen-bond donors (Lipinski definition) is 3. The van der Waals surface area contributed by atoms with Crippen LogP contribution in [0.15, 0.2) is 21.9 Å². The van der Waals surface area contributed by atoms with Crippen LogP contribution in [-0.4, -0.2) is 44.7 Å². The number of ether oxygens (including phenoxy) is 1. The van der Waals surface area contributed by atoms with Gasteiger partial charge < -0.3 is 18.0 Å². The molecule has 8 nitrogen and oxygen atoms in total. The first-order valence-corrected chi connectivity index (χ1v) is 5.99. The Hall–Kier alpha value is -0.750. The van der Waals surface area contributed by atoms with E-state index < -0.39 is 35.8 Å². The molecular formula is C9H11IN2O6. The zero-order chi connectivity index (χ0) is 13.3. The van der Waals surface area contributed by atoms with Crippen molar-refractivity contribution in [3.05, 3.63) is 33.1 Å². The number of nitrogens with zero attached hydrogens (tertiary/aromatic N) is 1. The minimum atomic E-state index is -1.27. The normalized spacial score (nSPS) is 31.7. The van der Waals surface area contributed by atoms with E-state index in [1.54, 1.807) is 23.0 Å². The summed E-state index contributed by atoms with van der Waals surface area (Å²) in [5.41, 5.74) is -1.26. The van der Waals surface area contributed by atoms with Crippen LogP contribution in [0.2, 0.25) is 0 Å². The summed E-state index contributed by atoms with van der Waals surface area (Å²) in [6.45, 7) is 0.0768. The Morgan fingerprint density at radius 3 is 2.78 bits per heavy atom. The van der Waals surface area contributed by atoms with Crippen LogP contribution in [0.4, 0.5) is 0 Å². The second-order valence-corrected chi connectivity index (χ2v) is 4.46. The molecule has 1 aromatic rings. The molecule has 18 heavy (non-hydrogen) atoms. The summed E-state index contributed by atoms with van der Waals surface area (Å²) in [4.78, 5) is 24.5. The fraction of sp³-hybridized carbons (Fsp3) is 0.556. The summed E-state index contributed by atoms with van der Waals surface area (Å²) in [6.07, 6.45) is -3.02. The smallest absolute Gasteiger partial charge is 0.330 e. The van der Waals surface area contributed by atoms with E-state index in [1.165, 1.54) is 6.20 Å². The Balaban J connectivity index is 2.29. The summed E-state index contributed by atoms with van der Waals surface area (Å²) >= 11 is 1.64. The van der Waals surface area contributed by atoms with E-state index >= 15 is 0 Å². The Labute approximate surface area is 115 Å². The molecule has 0 amide bonds. The van der Waals surface area contributed by atoms with E-state index in [0.29, 0.717) is 0 Å². The highest BCUT2D eigenvalue weighted by Gasteiger charge is 2.44. The van der Waals surface area contributed by atoms with Crippen LogP contribution in [-0.2, 0) is 7.80 Å². The molecule has 1 fully saturated rings. The predicted molar refractivity (Wildman–Crippen MR) is 67.2 cm³/mol. The lowest BCUT2D eigenvalue weighted by Gasteiger charge is -2.16. The molecule has 2 heterocycles. The zero-order valence-corrected chi connectivity index (χ0v) is 11.2. The summed E-state index contributed by atoms with van der Waals surface area (Å²) in [7, 11) is 0. The van der Waals surface area contributed by atoms with Crippen molar-refractivity contribution in [3.63, 3.8) is 0 Å². The van der Waals surface area contributed by atoms with Gasteiger partial charge in [0.05, 0.1) is 6.61 Å². The molecule has 0 radical (unpaired) electrons. The summed E-state index contributed by atoms with van der Waals surface area (Å²) in [5.74, 6) is 0. The standard InChI is InChI=1S/C9H11IN2O6/c10-17-3-4-6(14)7(15)8(18-4)12-2-1-5(13)11-9(12)16/h1-2,4,6-8,14-15H,3H2,(H,11,13,16)/t4-,6?,7?,8-/m0/s1. The monoisotopic (exact) mass is 370 g/mol. The summed E-state index contributed by atoms with van der Waals surface area (Å²) < 4.78 is 11.2. The average molecular weight is 370 g/mol. The van der Waals surface area contributed by atoms with Crippen molar-refractivity contribution >= 4 is 23.0 Å². The van der Waals surface area contributed by atoms with Crippen LogP contribution in [0, 0.1) is 0 Å². The molecule has 9 heteroatoms. The Morgan fingerprint density at radius 2 is 2.17 bits per heavy atom. The third-order valence-corrected chi connectivity index (χ3v) is 3.05. The maximum atomic E-state index is 11.5. The number of hydrogen-bond acceptors (Lipinski definition) is 6. The number of aliphatic hydroxyl groups excluding tert-OH is 2. The van der Waals surface area contributed by atoms with E-state index in [0.717, 1.165) is 10.6 Å². The van der Waals surface area contributed by atoms with Gasteiger partial charge in [-0.1, -0.05) is 0 Å². The molecule has 2 rings (SSSR count). The van der Waals surface area contributed by atoms with Crippen molar-refractivity contribution in [2.45, 2.75) is 24.5 Å². The van der Waals surface area contributed by atoms with E-state index in [2.05, 4.69) is 0 Å². The van der Waals surface area contributed by atoms with Crippen molar-refractivity contribution in [3.8, 4) is 0 Å². The molecule has 4 atom stereocenters. The molecule has 0 aliphatic carbocycles. The number of H-pyrrole nitrogens is 1. The Bertz CT molecular complexity index is 528. The van der Waals surface area contributed by atoms with E-state index in [-0.39, 0.29) is 6.61 Å². The maximum absolute atomic E-state index is 11.5. The second-order valence-electron chi connectivity index (χ2n) is 3.84. The molecule has 1 saturated heterocycles. The number of rotatable bonds is 3. The maximum Gasteiger partial charge on any atom is 0.330 e. The fourth-order valence-electron chi connectivity index (χ4n) is 1.79. The van der Waals surface area contributed by atoms with Gasteiger partial charge in [-0.3, -0.25) is 14.3 Å². The van der Waals surface area contributed by atoms with Gasteiger partial charge in [0.2, 0.25) is 0 Å². The quantitative estimate of drug-likeness (QED) is 0.560. The number of aromatic nitrogens is 2. The Kier molecular flexibility index (Phi) is 4.17.